The van der Waals surface area contributed by atoms with Crippen molar-refractivity contribution in [2.75, 3.05) is 0 Å². The summed E-state index contributed by atoms with van der Waals surface area (Å²) in [5.74, 6) is 0. The Labute approximate surface area is 55.7 Å². The number of rotatable bonds is 1. The lowest BCUT2D eigenvalue weighted by Crippen LogP contribution is -2.20. The van der Waals surface area contributed by atoms with Gasteiger partial charge in [-0.05, 0) is 25.8 Å². The molecule has 1 heteroatoms. The van der Waals surface area contributed by atoms with Gasteiger partial charge in [0, 0.05) is 0 Å². The molecule has 0 heterocycles. The van der Waals surface area contributed by atoms with Crippen LogP contribution in [0.1, 0.15) is 20.3 Å². The highest BCUT2D eigenvalue weighted by molar-refractivity contribution is 5.28. The highest BCUT2D eigenvalue weighted by atomic mass is 16.3. The van der Waals surface area contributed by atoms with E-state index in [1.165, 1.54) is 0 Å². The zero-order valence-corrected chi connectivity index (χ0v) is 5.89. The molecule has 0 fully saturated rings. The van der Waals surface area contributed by atoms with Crippen LogP contribution < -0.4 is 0 Å². The fourth-order valence-electron chi connectivity index (χ4n) is 0.901. The molecule has 1 nitrogen and oxygen atoms in total. The molecule has 0 amide bonds. The van der Waals surface area contributed by atoms with E-state index >= 15 is 0 Å². The lowest BCUT2D eigenvalue weighted by molar-refractivity contribution is 0.118. The van der Waals surface area contributed by atoms with Gasteiger partial charge in [0.1, 0.15) is 0 Å². The highest BCUT2D eigenvalue weighted by Crippen LogP contribution is 2.22. The van der Waals surface area contributed by atoms with Crippen molar-refractivity contribution in [2.24, 2.45) is 0 Å². The van der Waals surface area contributed by atoms with Crippen molar-refractivity contribution in [2.45, 2.75) is 25.9 Å². The van der Waals surface area contributed by atoms with E-state index in [0.717, 1.165) is 12.0 Å². The van der Waals surface area contributed by atoms with Crippen LogP contribution in [0.25, 0.3) is 0 Å². The fraction of sp³-hybridized carbons (Fsp3) is 0.500. The van der Waals surface area contributed by atoms with Gasteiger partial charge in [0.15, 0.2) is 0 Å². The van der Waals surface area contributed by atoms with Crippen LogP contribution in [-0.4, -0.2) is 10.7 Å². The van der Waals surface area contributed by atoms with Crippen molar-refractivity contribution >= 4 is 0 Å². The molecule has 1 rings (SSSR count). The summed E-state index contributed by atoms with van der Waals surface area (Å²) in [5, 5.41) is 9.41. The predicted octanol–water partition coefficient (Wildman–Crippen LogP) is 1.64. The normalized spacial score (nSPS) is 18.3. The summed E-state index contributed by atoms with van der Waals surface area (Å²) < 4.78 is 0. The lowest BCUT2D eigenvalue weighted by atomic mass is 9.98. The summed E-state index contributed by atoms with van der Waals surface area (Å²) in [5.41, 5.74) is 0.478. The van der Waals surface area contributed by atoms with Gasteiger partial charge < -0.3 is 5.11 Å². The number of allylic oxidation sites excluding steroid dienone is 3. The molecule has 0 spiro atoms. The van der Waals surface area contributed by atoms with Gasteiger partial charge in [-0.1, -0.05) is 18.2 Å². The molecule has 1 aliphatic carbocycles. The van der Waals surface area contributed by atoms with Gasteiger partial charge in [-0.3, -0.25) is 0 Å². The zero-order chi connectivity index (χ0) is 6.91. The summed E-state index contributed by atoms with van der Waals surface area (Å²) in [7, 11) is 0. The molecular weight excluding hydrogens is 112 g/mol. The number of hydrogen-bond acceptors (Lipinski definition) is 1. The first kappa shape index (κ1) is 6.56. The maximum Gasteiger partial charge on any atom is 0.0806 e. The molecule has 0 aliphatic heterocycles. The minimum absolute atomic E-state index is 0.622. The first-order chi connectivity index (χ1) is 4.11. The van der Waals surface area contributed by atoms with Crippen LogP contribution in [0, 0.1) is 0 Å². The van der Waals surface area contributed by atoms with Crippen molar-refractivity contribution < 1.29 is 5.11 Å². The lowest BCUT2D eigenvalue weighted by Gasteiger charge is -2.18. The van der Waals surface area contributed by atoms with Crippen molar-refractivity contribution in [3.8, 4) is 0 Å². The monoisotopic (exact) mass is 124 g/mol. The van der Waals surface area contributed by atoms with Crippen molar-refractivity contribution in [1.82, 2.24) is 0 Å². The van der Waals surface area contributed by atoms with E-state index in [9.17, 15) is 5.11 Å². The van der Waals surface area contributed by atoms with E-state index in [-0.39, 0.29) is 0 Å². The summed E-state index contributed by atoms with van der Waals surface area (Å²) >= 11 is 0. The van der Waals surface area contributed by atoms with E-state index in [4.69, 9.17) is 0 Å². The number of hydrogen-bond donors (Lipinski definition) is 1. The predicted molar refractivity (Wildman–Crippen MR) is 38.1 cm³/mol. The summed E-state index contributed by atoms with van der Waals surface area (Å²) in [6, 6.07) is 0. The summed E-state index contributed by atoms with van der Waals surface area (Å²) in [6.07, 6.45) is 6.91. The SMILES string of the molecule is CC(C)(O)C1=CC=CC1. The zero-order valence-electron chi connectivity index (χ0n) is 5.89. The van der Waals surface area contributed by atoms with Gasteiger partial charge in [-0.25, -0.2) is 0 Å². The van der Waals surface area contributed by atoms with E-state index in [1.54, 1.807) is 0 Å². The average Bonchev–Trinajstić information content (AvgIpc) is 2.08. The van der Waals surface area contributed by atoms with E-state index in [1.807, 2.05) is 32.1 Å². The van der Waals surface area contributed by atoms with Crippen molar-refractivity contribution in [3.05, 3.63) is 23.8 Å². The van der Waals surface area contributed by atoms with E-state index in [2.05, 4.69) is 0 Å². The van der Waals surface area contributed by atoms with Crippen LogP contribution >= 0.6 is 0 Å². The smallest absolute Gasteiger partial charge is 0.0806 e. The van der Waals surface area contributed by atoms with Gasteiger partial charge in [-0.2, -0.15) is 0 Å². The Kier molecular flexibility index (Phi) is 1.45. The fourth-order valence-corrected chi connectivity index (χ4v) is 0.901. The van der Waals surface area contributed by atoms with Crippen LogP contribution in [0.3, 0.4) is 0 Å². The third kappa shape index (κ3) is 1.42. The maximum absolute atomic E-state index is 9.41. The van der Waals surface area contributed by atoms with Crippen LogP contribution in [0.5, 0.6) is 0 Å². The average molecular weight is 124 g/mol. The van der Waals surface area contributed by atoms with Crippen molar-refractivity contribution in [3.63, 3.8) is 0 Å². The third-order valence-corrected chi connectivity index (χ3v) is 1.56. The van der Waals surface area contributed by atoms with Gasteiger partial charge in [0.05, 0.1) is 5.60 Å². The van der Waals surface area contributed by atoms with Crippen LogP contribution in [0.4, 0.5) is 0 Å². The molecule has 1 aliphatic rings. The number of aliphatic hydroxyl groups is 1. The molecule has 0 aromatic rings. The van der Waals surface area contributed by atoms with Crippen molar-refractivity contribution in [1.29, 1.82) is 0 Å². The van der Waals surface area contributed by atoms with Gasteiger partial charge in [0.2, 0.25) is 0 Å². The quantitative estimate of drug-likeness (QED) is 0.563. The molecule has 0 bridgehead atoms. The Balaban J connectivity index is 2.66. The summed E-state index contributed by atoms with van der Waals surface area (Å²) in [4.78, 5) is 0. The first-order valence-corrected chi connectivity index (χ1v) is 3.19. The molecule has 0 atom stereocenters. The standard InChI is InChI=1S/C8H12O/c1-8(2,9)7-5-3-4-6-7/h3-5,9H,6H2,1-2H3. The minimum Gasteiger partial charge on any atom is -0.386 e. The van der Waals surface area contributed by atoms with Crippen LogP contribution in [0.15, 0.2) is 23.8 Å². The minimum atomic E-state index is -0.622. The Bertz CT molecular complexity index is 158. The molecule has 0 unspecified atom stereocenters. The highest BCUT2D eigenvalue weighted by Gasteiger charge is 2.18. The first-order valence-electron chi connectivity index (χ1n) is 3.19. The van der Waals surface area contributed by atoms with E-state index in [0.29, 0.717) is 0 Å². The topological polar surface area (TPSA) is 20.2 Å². The molecule has 9 heavy (non-hydrogen) atoms. The molecule has 0 aromatic heterocycles. The van der Waals surface area contributed by atoms with Crippen LogP contribution in [0.2, 0.25) is 0 Å². The molecule has 0 radical (unpaired) electrons. The van der Waals surface area contributed by atoms with Gasteiger partial charge >= 0.3 is 0 Å². The second-order valence-corrected chi connectivity index (χ2v) is 2.88. The second kappa shape index (κ2) is 1.99. The molecule has 50 valence electrons. The Morgan fingerprint density at radius 2 is 2.22 bits per heavy atom. The Morgan fingerprint density at radius 1 is 1.56 bits per heavy atom. The molecular formula is C8H12O. The van der Waals surface area contributed by atoms with Gasteiger partial charge in [0.25, 0.3) is 0 Å². The van der Waals surface area contributed by atoms with Gasteiger partial charge in [-0.15, -0.1) is 0 Å². The molecule has 0 saturated carbocycles. The second-order valence-electron chi connectivity index (χ2n) is 2.88. The van der Waals surface area contributed by atoms with Crippen LogP contribution in [-0.2, 0) is 0 Å². The molecule has 0 saturated heterocycles. The Morgan fingerprint density at radius 3 is 2.44 bits per heavy atom. The maximum atomic E-state index is 9.41. The Hall–Kier alpha value is -0.560. The third-order valence-electron chi connectivity index (χ3n) is 1.56. The van der Waals surface area contributed by atoms with E-state index < -0.39 is 5.60 Å². The summed E-state index contributed by atoms with van der Waals surface area (Å²) in [6.45, 7) is 3.62. The molecule has 1 N–H and O–H groups in total. The molecule has 0 aromatic carbocycles. The largest absolute Gasteiger partial charge is 0.386 e.